The predicted octanol–water partition coefficient (Wildman–Crippen LogP) is 1.77. The molecule has 114 valence electrons. The number of hydrogen-bond acceptors (Lipinski definition) is 3. The number of likely N-dealkylation sites (tertiary alicyclic amines) is 1. The normalized spacial score (nSPS) is 24.6. The van der Waals surface area contributed by atoms with Gasteiger partial charge in [0.25, 0.3) is 5.91 Å². The van der Waals surface area contributed by atoms with Crippen LogP contribution in [0.5, 0.6) is 0 Å². The van der Waals surface area contributed by atoms with E-state index < -0.39 is 28.9 Å². The minimum Gasteiger partial charge on any atom is -0.444 e. The van der Waals surface area contributed by atoms with Gasteiger partial charge >= 0.3 is 12.0 Å². The third kappa shape index (κ3) is 2.45. The first-order valence-electron chi connectivity index (χ1n) is 6.71. The number of amides is 2. The minimum atomic E-state index is -3.35. The summed E-state index contributed by atoms with van der Waals surface area (Å²) in [5.41, 5.74) is -1.97. The minimum absolute atomic E-state index is 0.0268. The molecule has 2 saturated heterocycles. The molecule has 0 aromatic rings. The lowest BCUT2D eigenvalue weighted by atomic mass is 9.75. The molecule has 20 heavy (non-hydrogen) atoms. The van der Waals surface area contributed by atoms with Crippen molar-refractivity contribution in [3.63, 3.8) is 0 Å². The summed E-state index contributed by atoms with van der Waals surface area (Å²) in [5.74, 6) is -4.56. The molecule has 2 aliphatic rings. The van der Waals surface area contributed by atoms with E-state index in [-0.39, 0.29) is 32.5 Å². The average Bonchev–Trinajstić information content (AvgIpc) is 2.53. The van der Waals surface area contributed by atoms with Crippen LogP contribution in [-0.4, -0.2) is 48.1 Å². The van der Waals surface area contributed by atoms with Crippen molar-refractivity contribution in [3.8, 4) is 0 Å². The fourth-order valence-corrected chi connectivity index (χ4v) is 2.65. The van der Waals surface area contributed by atoms with Gasteiger partial charge in [0.2, 0.25) is 0 Å². The lowest BCUT2D eigenvalue weighted by molar-refractivity contribution is -0.159. The van der Waals surface area contributed by atoms with Crippen molar-refractivity contribution in [3.05, 3.63) is 0 Å². The molecule has 1 spiro atoms. The molecule has 2 amide bonds. The molecule has 2 aliphatic heterocycles. The highest BCUT2D eigenvalue weighted by atomic mass is 19.3. The van der Waals surface area contributed by atoms with E-state index in [4.69, 9.17) is 4.74 Å². The van der Waals surface area contributed by atoms with Crippen molar-refractivity contribution in [2.24, 2.45) is 5.41 Å². The molecule has 5 nitrogen and oxygen atoms in total. The number of alkyl halides is 2. The summed E-state index contributed by atoms with van der Waals surface area (Å²) >= 11 is 0. The number of nitrogens with one attached hydrogen (secondary N) is 1. The molecule has 2 fully saturated rings. The Morgan fingerprint density at radius 3 is 2.25 bits per heavy atom. The van der Waals surface area contributed by atoms with Gasteiger partial charge in [0.15, 0.2) is 0 Å². The summed E-state index contributed by atoms with van der Waals surface area (Å²) in [6.45, 7) is 5.60. The maximum absolute atomic E-state index is 13.9. The van der Waals surface area contributed by atoms with Gasteiger partial charge in [-0.15, -0.1) is 0 Å². The van der Waals surface area contributed by atoms with Crippen molar-refractivity contribution >= 4 is 12.0 Å². The Bertz CT molecular complexity index is 424. The largest absolute Gasteiger partial charge is 0.444 e. The van der Waals surface area contributed by atoms with E-state index in [1.165, 1.54) is 4.90 Å². The summed E-state index contributed by atoms with van der Waals surface area (Å²) in [4.78, 5) is 24.5. The van der Waals surface area contributed by atoms with Gasteiger partial charge < -0.3 is 15.0 Å². The SMILES string of the molecule is CC(C)(C)OC(=O)N1CCC2(CC1)CNC(=O)C2(F)F. The van der Waals surface area contributed by atoms with Gasteiger partial charge in [-0.2, -0.15) is 8.78 Å². The van der Waals surface area contributed by atoms with Crippen LogP contribution in [0, 0.1) is 5.41 Å². The van der Waals surface area contributed by atoms with Gasteiger partial charge in [-0.3, -0.25) is 4.79 Å². The number of ether oxygens (including phenoxy) is 1. The van der Waals surface area contributed by atoms with Gasteiger partial charge in [0.1, 0.15) is 5.60 Å². The first-order valence-corrected chi connectivity index (χ1v) is 6.71. The van der Waals surface area contributed by atoms with Crippen LogP contribution >= 0.6 is 0 Å². The Morgan fingerprint density at radius 1 is 1.30 bits per heavy atom. The summed E-state index contributed by atoms with van der Waals surface area (Å²) in [7, 11) is 0. The Morgan fingerprint density at radius 2 is 1.85 bits per heavy atom. The molecule has 0 unspecified atom stereocenters. The summed E-state index contributed by atoms with van der Waals surface area (Å²) in [6, 6.07) is 0. The van der Waals surface area contributed by atoms with Crippen LogP contribution in [0.2, 0.25) is 0 Å². The number of carbonyl (C=O) groups excluding carboxylic acids is 2. The van der Waals surface area contributed by atoms with Gasteiger partial charge in [-0.1, -0.05) is 0 Å². The Hall–Kier alpha value is -1.40. The second-order valence-corrected chi connectivity index (χ2v) is 6.50. The van der Waals surface area contributed by atoms with E-state index in [0.717, 1.165) is 0 Å². The highest BCUT2D eigenvalue weighted by Gasteiger charge is 2.64. The van der Waals surface area contributed by atoms with Crippen LogP contribution in [0.1, 0.15) is 33.6 Å². The van der Waals surface area contributed by atoms with Crippen molar-refractivity contribution in [2.75, 3.05) is 19.6 Å². The number of carbonyl (C=O) groups is 2. The highest BCUT2D eigenvalue weighted by molar-refractivity contribution is 5.87. The first-order chi connectivity index (χ1) is 9.07. The molecule has 2 heterocycles. The van der Waals surface area contributed by atoms with Crippen LogP contribution < -0.4 is 5.32 Å². The predicted molar refractivity (Wildman–Crippen MR) is 67.4 cm³/mol. The van der Waals surface area contributed by atoms with Crippen molar-refractivity contribution in [2.45, 2.75) is 45.1 Å². The average molecular weight is 290 g/mol. The zero-order valence-corrected chi connectivity index (χ0v) is 12.0. The molecular weight excluding hydrogens is 270 g/mol. The summed E-state index contributed by atoms with van der Waals surface area (Å²) < 4.78 is 33.1. The van der Waals surface area contributed by atoms with Gasteiger partial charge in [0.05, 0.1) is 5.41 Å². The molecule has 0 aliphatic carbocycles. The van der Waals surface area contributed by atoms with E-state index in [2.05, 4.69) is 5.32 Å². The number of halogens is 2. The highest BCUT2D eigenvalue weighted by Crippen LogP contribution is 2.48. The number of rotatable bonds is 0. The fraction of sp³-hybridized carbons (Fsp3) is 0.846. The van der Waals surface area contributed by atoms with Crippen LogP contribution in [0.4, 0.5) is 13.6 Å². The van der Waals surface area contributed by atoms with E-state index in [9.17, 15) is 18.4 Å². The molecule has 0 radical (unpaired) electrons. The topological polar surface area (TPSA) is 58.6 Å². The van der Waals surface area contributed by atoms with Gasteiger partial charge in [0, 0.05) is 19.6 Å². The summed E-state index contributed by atoms with van der Waals surface area (Å²) in [5, 5.41) is 2.23. The number of piperidine rings is 1. The molecule has 0 bridgehead atoms. The smallest absolute Gasteiger partial charge is 0.410 e. The van der Waals surface area contributed by atoms with Crippen LogP contribution in [0.3, 0.4) is 0 Å². The van der Waals surface area contributed by atoms with Gasteiger partial charge in [-0.05, 0) is 33.6 Å². The fourth-order valence-electron chi connectivity index (χ4n) is 2.65. The van der Waals surface area contributed by atoms with E-state index in [0.29, 0.717) is 0 Å². The lowest BCUT2D eigenvalue weighted by Crippen LogP contribution is -2.52. The molecule has 2 rings (SSSR count). The third-order valence-corrected chi connectivity index (χ3v) is 3.91. The van der Waals surface area contributed by atoms with Crippen LogP contribution in [-0.2, 0) is 9.53 Å². The molecular formula is C13H20F2N2O3. The van der Waals surface area contributed by atoms with Crippen molar-refractivity contribution < 1.29 is 23.1 Å². The van der Waals surface area contributed by atoms with Crippen molar-refractivity contribution in [1.29, 1.82) is 0 Å². The second kappa shape index (κ2) is 4.56. The molecule has 1 N–H and O–H groups in total. The van der Waals surface area contributed by atoms with E-state index in [1.807, 2.05) is 0 Å². The van der Waals surface area contributed by atoms with E-state index in [1.54, 1.807) is 20.8 Å². The second-order valence-electron chi connectivity index (χ2n) is 6.50. The molecule has 0 aromatic carbocycles. The number of nitrogens with zero attached hydrogens (tertiary/aromatic N) is 1. The summed E-state index contributed by atoms with van der Waals surface area (Å²) in [6.07, 6.45) is -0.302. The first kappa shape index (κ1) is 15.0. The maximum atomic E-state index is 13.9. The van der Waals surface area contributed by atoms with Crippen LogP contribution in [0.15, 0.2) is 0 Å². The molecule has 0 aromatic heterocycles. The number of hydrogen-bond donors (Lipinski definition) is 1. The quantitative estimate of drug-likeness (QED) is 0.739. The molecule has 7 heteroatoms. The van der Waals surface area contributed by atoms with Crippen LogP contribution in [0.25, 0.3) is 0 Å². The Balaban J connectivity index is 2.00. The standard InChI is InChI=1S/C13H20F2N2O3/c1-11(2,3)20-10(19)17-6-4-12(5-7-17)8-16-9(18)13(12,14)15/h4-8H2,1-3H3,(H,16,18). The Kier molecular flexibility index (Phi) is 3.42. The molecule has 0 saturated carbocycles. The van der Waals surface area contributed by atoms with E-state index >= 15 is 0 Å². The van der Waals surface area contributed by atoms with Gasteiger partial charge in [-0.25, -0.2) is 4.79 Å². The lowest BCUT2D eigenvalue weighted by Gasteiger charge is -2.40. The zero-order chi connectivity index (χ0) is 15.2. The van der Waals surface area contributed by atoms with Crippen molar-refractivity contribution in [1.82, 2.24) is 10.2 Å². The Labute approximate surface area is 116 Å². The zero-order valence-electron chi connectivity index (χ0n) is 12.0. The monoisotopic (exact) mass is 290 g/mol. The maximum Gasteiger partial charge on any atom is 0.410 e. The molecule has 0 atom stereocenters. The third-order valence-electron chi connectivity index (χ3n) is 3.91.